The van der Waals surface area contributed by atoms with Gasteiger partial charge in [0.15, 0.2) is 4.32 Å². The van der Waals surface area contributed by atoms with E-state index < -0.39 is 0 Å². The van der Waals surface area contributed by atoms with Crippen LogP contribution in [0.4, 0.5) is 5.69 Å². The van der Waals surface area contributed by atoms with Gasteiger partial charge in [0.25, 0.3) is 5.91 Å². The molecule has 1 amide bonds. The van der Waals surface area contributed by atoms with Crippen LogP contribution in [0.1, 0.15) is 12.7 Å². The van der Waals surface area contributed by atoms with Gasteiger partial charge < -0.3 is 9.15 Å². The molecule has 0 saturated carbocycles. The predicted molar refractivity (Wildman–Crippen MR) is 101 cm³/mol. The van der Waals surface area contributed by atoms with Crippen LogP contribution < -0.4 is 9.64 Å². The van der Waals surface area contributed by atoms with Crippen LogP contribution in [0, 0.1) is 0 Å². The molecular weight excluding hydrogens is 342 g/mol. The zero-order valence-electron chi connectivity index (χ0n) is 13.0. The highest BCUT2D eigenvalue weighted by Crippen LogP contribution is 2.39. The summed E-state index contributed by atoms with van der Waals surface area (Å²) in [4.78, 5) is 14.8. The van der Waals surface area contributed by atoms with E-state index in [0.717, 1.165) is 5.76 Å². The van der Waals surface area contributed by atoms with Gasteiger partial charge in [0.05, 0.1) is 23.5 Å². The molecule has 24 heavy (non-hydrogen) atoms. The second-order valence-electron chi connectivity index (χ2n) is 4.81. The number of hydrogen-bond acceptors (Lipinski definition) is 5. The molecule has 4 nitrogen and oxygen atoms in total. The Morgan fingerprint density at radius 2 is 2.12 bits per heavy atom. The maximum atomic E-state index is 12.7. The minimum atomic E-state index is -0.152. The normalized spacial score (nSPS) is 16.5. The average Bonchev–Trinajstić information content (AvgIpc) is 3.18. The van der Waals surface area contributed by atoms with Gasteiger partial charge in [0, 0.05) is 0 Å². The lowest BCUT2D eigenvalue weighted by atomic mass is 10.2. The molecule has 0 atom stereocenters. The van der Waals surface area contributed by atoms with Crippen molar-refractivity contribution in [1.82, 2.24) is 0 Å². The van der Waals surface area contributed by atoms with Gasteiger partial charge in [-0.05, 0) is 43.3 Å². The summed E-state index contributed by atoms with van der Waals surface area (Å²) in [5.74, 6) is 1.22. The molecule has 3 rings (SSSR count). The number of para-hydroxylation sites is 2. The van der Waals surface area contributed by atoms with E-state index >= 15 is 0 Å². The van der Waals surface area contributed by atoms with Crippen LogP contribution in [0.2, 0.25) is 0 Å². The van der Waals surface area contributed by atoms with Gasteiger partial charge in [-0.3, -0.25) is 9.69 Å². The van der Waals surface area contributed by atoms with E-state index in [0.29, 0.717) is 27.3 Å². The molecule has 1 aromatic heterocycles. The summed E-state index contributed by atoms with van der Waals surface area (Å²) in [6.45, 7) is 2.42. The number of allylic oxidation sites excluding steroid dienone is 2. The van der Waals surface area contributed by atoms with Crippen molar-refractivity contribution in [3.63, 3.8) is 0 Å². The zero-order chi connectivity index (χ0) is 16.9. The highest BCUT2D eigenvalue weighted by molar-refractivity contribution is 8.27. The van der Waals surface area contributed by atoms with Crippen molar-refractivity contribution in [3.8, 4) is 5.75 Å². The average molecular weight is 357 g/mol. The fourth-order valence-corrected chi connectivity index (χ4v) is 3.46. The first kappa shape index (κ1) is 16.5. The van der Waals surface area contributed by atoms with Gasteiger partial charge in [0.1, 0.15) is 11.5 Å². The quantitative estimate of drug-likeness (QED) is 0.576. The molecule has 122 valence electrons. The van der Waals surface area contributed by atoms with Crippen LogP contribution in [0.3, 0.4) is 0 Å². The van der Waals surface area contributed by atoms with E-state index in [-0.39, 0.29) is 5.91 Å². The smallest absolute Gasteiger partial charge is 0.270 e. The standard InChI is InChI=1S/C18H15NO3S2/c1-2-21-15-10-4-3-9-14(15)19-17(20)16(24-18(19)23)11-5-7-13-8-6-12-22-13/h3-12H,2H2,1H3. The summed E-state index contributed by atoms with van der Waals surface area (Å²) in [6, 6.07) is 11.0. The number of thiocarbonyl (C=S) groups is 1. The first-order chi connectivity index (χ1) is 11.7. The van der Waals surface area contributed by atoms with E-state index in [4.69, 9.17) is 21.4 Å². The molecule has 2 heterocycles. The van der Waals surface area contributed by atoms with Crippen LogP contribution >= 0.6 is 24.0 Å². The Bertz CT molecular complexity index is 809. The third kappa shape index (κ3) is 3.44. The molecule has 0 radical (unpaired) electrons. The molecule has 1 saturated heterocycles. The Morgan fingerprint density at radius 1 is 1.29 bits per heavy atom. The number of nitrogens with zero attached hydrogens (tertiary/aromatic N) is 1. The maximum Gasteiger partial charge on any atom is 0.270 e. The van der Waals surface area contributed by atoms with Gasteiger partial charge in [-0.15, -0.1) is 0 Å². The number of hydrogen-bond donors (Lipinski definition) is 0. The molecule has 1 fully saturated rings. The van der Waals surface area contributed by atoms with Crippen LogP contribution in [0.5, 0.6) is 5.75 Å². The van der Waals surface area contributed by atoms with Crippen molar-refractivity contribution in [3.05, 3.63) is 65.5 Å². The summed E-state index contributed by atoms with van der Waals surface area (Å²) >= 11 is 6.65. The molecule has 0 aliphatic carbocycles. The molecule has 6 heteroatoms. The number of rotatable bonds is 5. The predicted octanol–water partition coefficient (Wildman–Crippen LogP) is 4.64. The number of carbonyl (C=O) groups is 1. The summed E-state index contributed by atoms with van der Waals surface area (Å²) in [5, 5.41) is 0. The van der Waals surface area contributed by atoms with Gasteiger partial charge in [-0.25, -0.2) is 0 Å². The Hall–Kier alpha value is -2.31. The lowest BCUT2D eigenvalue weighted by molar-refractivity contribution is -0.113. The van der Waals surface area contributed by atoms with E-state index in [1.54, 1.807) is 24.5 Å². The second-order valence-corrected chi connectivity index (χ2v) is 6.49. The van der Waals surface area contributed by atoms with Crippen molar-refractivity contribution < 1.29 is 13.9 Å². The first-order valence-corrected chi connectivity index (χ1v) is 8.63. The Kier molecular flexibility index (Phi) is 5.17. The second kappa shape index (κ2) is 7.51. The monoisotopic (exact) mass is 357 g/mol. The molecule has 0 spiro atoms. The third-order valence-electron chi connectivity index (χ3n) is 3.25. The number of ether oxygens (including phenoxy) is 1. The van der Waals surface area contributed by atoms with E-state index in [9.17, 15) is 4.79 Å². The van der Waals surface area contributed by atoms with E-state index in [2.05, 4.69) is 0 Å². The number of benzene rings is 1. The van der Waals surface area contributed by atoms with E-state index in [1.807, 2.05) is 43.3 Å². The number of thioether (sulfide) groups is 1. The maximum absolute atomic E-state index is 12.7. The van der Waals surface area contributed by atoms with Crippen molar-refractivity contribution in [2.75, 3.05) is 11.5 Å². The number of carbonyl (C=O) groups excluding carboxylic acids is 1. The first-order valence-electron chi connectivity index (χ1n) is 7.40. The molecular formula is C18H15NO3S2. The fraction of sp³-hybridized carbons (Fsp3) is 0.111. The summed E-state index contributed by atoms with van der Waals surface area (Å²) in [6.07, 6.45) is 6.91. The fourth-order valence-electron chi connectivity index (χ4n) is 2.23. The van der Waals surface area contributed by atoms with Crippen molar-refractivity contribution in [1.29, 1.82) is 0 Å². The third-order valence-corrected chi connectivity index (χ3v) is 4.57. The highest BCUT2D eigenvalue weighted by Gasteiger charge is 2.34. The number of amides is 1. The van der Waals surface area contributed by atoms with Gasteiger partial charge >= 0.3 is 0 Å². The van der Waals surface area contributed by atoms with Crippen molar-refractivity contribution in [2.45, 2.75) is 6.92 Å². The van der Waals surface area contributed by atoms with Crippen LogP contribution in [-0.4, -0.2) is 16.8 Å². The largest absolute Gasteiger partial charge is 0.492 e. The summed E-state index contributed by atoms with van der Waals surface area (Å²) < 4.78 is 11.3. The molecule has 2 aromatic rings. The Morgan fingerprint density at radius 3 is 2.88 bits per heavy atom. The topological polar surface area (TPSA) is 42.7 Å². The lowest BCUT2D eigenvalue weighted by Gasteiger charge is -2.18. The van der Waals surface area contributed by atoms with E-state index in [1.165, 1.54) is 16.7 Å². The zero-order valence-corrected chi connectivity index (χ0v) is 14.6. The highest BCUT2D eigenvalue weighted by atomic mass is 32.2. The number of furan rings is 1. The molecule has 0 unspecified atom stereocenters. The summed E-state index contributed by atoms with van der Waals surface area (Å²) in [5.41, 5.74) is 0.667. The molecule has 0 N–H and O–H groups in total. The molecule has 0 bridgehead atoms. The van der Waals surface area contributed by atoms with Crippen molar-refractivity contribution in [2.24, 2.45) is 0 Å². The van der Waals surface area contributed by atoms with Crippen LogP contribution in [0.25, 0.3) is 6.08 Å². The van der Waals surface area contributed by atoms with Gasteiger partial charge in [-0.1, -0.05) is 42.2 Å². The van der Waals surface area contributed by atoms with Gasteiger partial charge in [0.2, 0.25) is 0 Å². The Balaban J connectivity index is 1.84. The lowest BCUT2D eigenvalue weighted by Crippen LogP contribution is -2.28. The van der Waals surface area contributed by atoms with Crippen LogP contribution in [-0.2, 0) is 4.79 Å². The Labute approximate surface area is 149 Å². The molecule has 1 aliphatic heterocycles. The van der Waals surface area contributed by atoms with Crippen LogP contribution in [0.15, 0.2) is 64.1 Å². The van der Waals surface area contributed by atoms with Crippen molar-refractivity contribution >= 4 is 46.0 Å². The minimum absolute atomic E-state index is 0.152. The molecule has 1 aliphatic rings. The SMILES string of the molecule is CCOc1ccccc1N1C(=O)C(=CC=Cc2ccco2)SC1=S. The summed E-state index contributed by atoms with van der Waals surface area (Å²) in [7, 11) is 0. The number of anilines is 1. The van der Waals surface area contributed by atoms with Gasteiger partial charge in [-0.2, -0.15) is 0 Å². The minimum Gasteiger partial charge on any atom is -0.492 e. The molecule has 1 aromatic carbocycles.